The van der Waals surface area contributed by atoms with Gasteiger partial charge in [-0.25, -0.2) is 0 Å². The molecule has 1 aromatic carbocycles. The molecule has 8 heteroatoms. The summed E-state index contributed by atoms with van der Waals surface area (Å²) in [5, 5.41) is 16.4. The van der Waals surface area contributed by atoms with E-state index in [9.17, 15) is 19.5 Å². The molecule has 0 radical (unpaired) electrons. The van der Waals surface area contributed by atoms with Crippen LogP contribution < -0.4 is 10.6 Å². The van der Waals surface area contributed by atoms with Gasteiger partial charge in [-0.05, 0) is 37.3 Å². The first-order valence-electron chi connectivity index (χ1n) is 12.6. The third-order valence-electron chi connectivity index (χ3n) is 8.01. The predicted molar refractivity (Wildman–Crippen MR) is 134 cm³/mol. The van der Waals surface area contributed by atoms with Gasteiger partial charge in [-0.2, -0.15) is 0 Å². The van der Waals surface area contributed by atoms with Crippen molar-refractivity contribution >= 4 is 35.2 Å². The number of nitrogens with one attached hydrogen (secondary N) is 2. The number of rotatable bonds is 10. The van der Waals surface area contributed by atoms with Crippen molar-refractivity contribution in [3.8, 4) is 0 Å². The highest BCUT2D eigenvalue weighted by Crippen LogP contribution is 2.66. The fourth-order valence-corrected chi connectivity index (χ4v) is 8.30. The van der Waals surface area contributed by atoms with Crippen LogP contribution >= 0.6 is 11.8 Å². The van der Waals surface area contributed by atoms with Gasteiger partial charge in [0.25, 0.3) is 0 Å². The molecule has 4 rings (SSSR count). The van der Waals surface area contributed by atoms with Crippen molar-refractivity contribution in [2.24, 2.45) is 17.8 Å². The van der Waals surface area contributed by atoms with Crippen LogP contribution in [0.3, 0.4) is 0 Å². The first-order chi connectivity index (χ1) is 16.4. The highest BCUT2D eigenvalue weighted by Gasteiger charge is 2.74. The van der Waals surface area contributed by atoms with Crippen LogP contribution in [0.25, 0.3) is 0 Å². The molecule has 186 valence electrons. The van der Waals surface area contributed by atoms with Crippen LogP contribution in [0.4, 0.5) is 5.69 Å². The van der Waals surface area contributed by atoms with Gasteiger partial charge >= 0.3 is 0 Å². The van der Waals surface area contributed by atoms with E-state index in [1.54, 1.807) is 16.7 Å². The first-order valence-corrected chi connectivity index (χ1v) is 13.5. The Balaban J connectivity index is 1.69. The molecule has 2 bridgehead atoms. The van der Waals surface area contributed by atoms with Crippen LogP contribution in [0.15, 0.2) is 30.3 Å². The van der Waals surface area contributed by atoms with Gasteiger partial charge < -0.3 is 20.6 Å². The summed E-state index contributed by atoms with van der Waals surface area (Å²) in [5.41, 5.74) is 0.707. The highest BCUT2D eigenvalue weighted by molar-refractivity contribution is 8.02. The van der Waals surface area contributed by atoms with Crippen molar-refractivity contribution in [3.63, 3.8) is 0 Å². The number of unbranched alkanes of at least 4 members (excludes halogenated alkanes) is 1. The average molecular weight is 488 g/mol. The SMILES string of the molecule is CCCCNC(=O)C1N([C@@H](CO)[C@@H](C)CC)C(=O)[C@@H]2[C@@H](C(=O)Nc3ccccc3)[C@H]3CCC12S3. The summed E-state index contributed by atoms with van der Waals surface area (Å²) in [5.74, 6) is -1.46. The molecule has 3 fully saturated rings. The Kier molecular flexibility index (Phi) is 7.57. The predicted octanol–water partition coefficient (Wildman–Crippen LogP) is 3.04. The number of fused-ring (bicyclic) bond motifs is 1. The number of aliphatic hydroxyl groups is 1. The molecule has 7 nitrogen and oxygen atoms in total. The maximum atomic E-state index is 14.0. The number of aliphatic hydroxyl groups excluding tert-OH is 1. The van der Waals surface area contributed by atoms with Crippen molar-refractivity contribution in [3.05, 3.63) is 30.3 Å². The molecular formula is C26H37N3O4S. The minimum absolute atomic E-state index is 0.0157. The topological polar surface area (TPSA) is 98.7 Å². The van der Waals surface area contributed by atoms with E-state index in [0.29, 0.717) is 12.2 Å². The number of para-hydroxylation sites is 1. The van der Waals surface area contributed by atoms with Gasteiger partial charge in [0.05, 0.1) is 29.2 Å². The third kappa shape index (κ3) is 4.13. The Bertz CT molecular complexity index is 913. The van der Waals surface area contributed by atoms with Crippen LogP contribution in [-0.2, 0) is 14.4 Å². The summed E-state index contributed by atoms with van der Waals surface area (Å²) >= 11 is 1.66. The summed E-state index contributed by atoms with van der Waals surface area (Å²) in [6, 6.07) is 8.18. The summed E-state index contributed by atoms with van der Waals surface area (Å²) in [4.78, 5) is 42.8. The second-order valence-electron chi connectivity index (χ2n) is 9.94. The minimum atomic E-state index is -0.669. The Morgan fingerprint density at radius 2 is 1.97 bits per heavy atom. The van der Waals surface area contributed by atoms with Crippen molar-refractivity contribution in [2.75, 3.05) is 18.5 Å². The molecule has 34 heavy (non-hydrogen) atoms. The monoisotopic (exact) mass is 487 g/mol. The summed E-state index contributed by atoms with van der Waals surface area (Å²) in [7, 11) is 0. The fraction of sp³-hybridized carbons (Fsp3) is 0.654. The molecule has 1 aromatic rings. The largest absolute Gasteiger partial charge is 0.394 e. The number of likely N-dealkylation sites (tertiary alicyclic amines) is 1. The van der Waals surface area contributed by atoms with Gasteiger partial charge in [-0.15, -0.1) is 11.8 Å². The lowest BCUT2D eigenvalue weighted by atomic mass is 9.70. The molecule has 3 aliphatic heterocycles. The van der Waals surface area contributed by atoms with Crippen LogP contribution in [0, 0.1) is 17.8 Å². The maximum Gasteiger partial charge on any atom is 0.244 e. The lowest BCUT2D eigenvalue weighted by Gasteiger charge is -2.39. The van der Waals surface area contributed by atoms with E-state index in [4.69, 9.17) is 0 Å². The Morgan fingerprint density at radius 1 is 1.24 bits per heavy atom. The van der Waals surface area contributed by atoms with E-state index < -0.39 is 28.7 Å². The number of thioether (sulfide) groups is 1. The number of hydrogen-bond acceptors (Lipinski definition) is 5. The molecule has 1 spiro atoms. The smallest absolute Gasteiger partial charge is 0.244 e. The number of amides is 3. The number of anilines is 1. The Labute approximate surface area is 206 Å². The lowest BCUT2D eigenvalue weighted by molar-refractivity contribution is -0.143. The molecule has 0 saturated carbocycles. The average Bonchev–Trinajstić information content (AvgIpc) is 3.48. The molecule has 3 amide bonds. The fourth-order valence-electron chi connectivity index (χ4n) is 6.09. The van der Waals surface area contributed by atoms with E-state index in [-0.39, 0.29) is 35.5 Å². The third-order valence-corrected chi connectivity index (χ3v) is 9.96. The van der Waals surface area contributed by atoms with Crippen molar-refractivity contribution < 1.29 is 19.5 Å². The summed E-state index contributed by atoms with van der Waals surface area (Å²) in [6.07, 6.45) is 4.15. The van der Waals surface area contributed by atoms with E-state index >= 15 is 0 Å². The number of nitrogens with zero attached hydrogens (tertiary/aromatic N) is 1. The molecule has 7 atom stereocenters. The number of hydrogen-bond donors (Lipinski definition) is 3. The quantitative estimate of drug-likeness (QED) is 0.441. The maximum absolute atomic E-state index is 14.0. The van der Waals surface area contributed by atoms with Gasteiger partial charge in [0.15, 0.2) is 0 Å². The minimum Gasteiger partial charge on any atom is -0.394 e. The second kappa shape index (κ2) is 10.3. The molecule has 0 aliphatic carbocycles. The summed E-state index contributed by atoms with van der Waals surface area (Å²) in [6.45, 7) is 6.47. The van der Waals surface area contributed by atoms with E-state index in [2.05, 4.69) is 17.6 Å². The van der Waals surface area contributed by atoms with Gasteiger partial charge in [-0.1, -0.05) is 51.8 Å². The van der Waals surface area contributed by atoms with Crippen LogP contribution in [0.2, 0.25) is 0 Å². The molecule has 3 N–H and O–H groups in total. The van der Waals surface area contributed by atoms with E-state index in [0.717, 1.165) is 32.1 Å². The molecule has 2 unspecified atom stereocenters. The van der Waals surface area contributed by atoms with Gasteiger partial charge in [0.1, 0.15) is 6.04 Å². The van der Waals surface area contributed by atoms with E-state index in [1.165, 1.54) is 0 Å². The molecular weight excluding hydrogens is 450 g/mol. The standard InChI is InChI=1S/C26H37N3O4S/c1-4-6-14-27-24(32)22-26-13-12-19(34-26)20(23(31)28-17-10-8-7-9-11-17)21(26)25(33)29(22)18(15-30)16(3)5-2/h7-11,16,18-22,30H,4-6,12-15H2,1-3H3,(H,27,32)(H,28,31)/t16-,18-,19+,20-,21-,22?,26?/m0/s1. The number of carbonyl (C=O) groups is 3. The lowest BCUT2D eigenvalue weighted by Crippen LogP contribution is -2.57. The van der Waals surface area contributed by atoms with E-state index in [1.807, 2.05) is 44.2 Å². The Morgan fingerprint density at radius 3 is 2.62 bits per heavy atom. The zero-order chi connectivity index (χ0) is 24.5. The Hall–Kier alpha value is -2.06. The van der Waals surface area contributed by atoms with Gasteiger partial charge in [0.2, 0.25) is 17.7 Å². The number of carbonyl (C=O) groups excluding carboxylic acids is 3. The van der Waals surface area contributed by atoms with Crippen molar-refractivity contribution in [1.82, 2.24) is 10.2 Å². The normalized spacial score (nSPS) is 31.3. The van der Waals surface area contributed by atoms with Crippen LogP contribution in [0.1, 0.15) is 52.9 Å². The van der Waals surface area contributed by atoms with Gasteiger partial charge in [-0.3, -0.25) is 14.4 Å². The summed E-state index contributed by atoms with van der Waals surface area (Å²) < 4.78 is -0.627. The molecule has 3 aliphatic rings. The molecule has 3 heterocycles. The number of benzene rings is 1. The highest BCUT2D eigenvalue weighted by atomic mass is 32.2. The molecule has 0 aromatic heterocycles. The van der Waals surface area contributed by atoms with Crippen LogP contribution in [0.5, 0.6) is 0 Å². The second-order valence-corrected chi connectivity index (χ2v) is 11.5. The van der Waals surface area contributed by atoms with Crippen molar-refractivity contribution in [2.45, 2.75) is 75.0 Å². The van der Waals surface area contributed by atoms with Gasteiger partial charge in [0, 0.05) is 17.5 Å². The van der Waals surface area contributed by atoms with Crippen molar-refractivity contribution in [1.29, 1.82) is 0 Å². The zero-order valence-corrected chi connectivity index (χ0v) is 21.1. The molecule has 3 saturated heterocycles. The first kappa shape index (κ1) is 25.0. The van der Waals surface area contributed by atoms with Crippen LogP contribution in [-0.4, -0.2) is 63.0 Å². The zero-order valence-electron chi connectivity index (χ0n) is 20.3.